The molecule has 3 aromatic rings. The molecule has 2 aromatic heterocycles. The van der Waals surface area contributed by atoms with Gasteiger partial charge in [-0.05, 0) is 34.6 Å². The number of carbonyl (C=O) groups excluding carboxylic acids is 1. The lowest BCUT2D eigenvalue weighted by Gasteiger charge is -2.30. The second-order valence-electron chi connectivity index (χ2n) is 7.08. The quantitative estimate of drug-likeness (QED) is 0.675. The van der Waals surface area contributed by atoms with Gasteiger partial charge in [0, 0.05) is 17.6 Å². The highest BCUT2D eigenvalue weighted by Crippen LogP contribution is 2.29. The molecule has 0 saturated carbocycles. The number of rotatable bonds is 5. The minimum absolute atomic E-state index is 0.0482. The lowest BCUT2D eigenvalue weighted by molar-refractivity contribution is -0.135. The predicted molar refractivity (Wildman–Crippen MR) is 109 cm³/mol. The van der Waals surface area contributed by atoms with Crippen molar-refractivity contribution >= 4 is 27.5 Å². The second-order valence-corrected chi connectivity index (χ2v) is 8.28. The van der Waals surface area contributed by atoms with Crippen LogP contribution in [-0.4, -0.2) is 37.7 Å². The van der Waals surface area contributed by atoms with Crippen LogP contribution in [0.25, 0.3) is 21.5 Å². The van der Waals surface area contributed by atoms with Crippen molar-refractivity contribution in [1.82, 2.24) is 19.7 Å². The van der Waals surface area contributed by atoms with Crippen molar-refractivity contribution in [3.8, 4) is 11.3 Å². The minimum atomic E-state index is -0.324. The van der Waals surface area contributed by atoms with Crippen LogP contribution in [0.1, 0.15) is 32.7 Å². The number of benzene rings is 1. The van der Waals surface area contributed by atoms with E-state index in [1.807, 2.05) is 65.0 Å². The number of nitrogens with zero attached hydrogens (tertiary/aromatic N) is 4. The fraction of sp³-hybridized carbons (Fsp3) is 0.400. The summed E-state index contributed by atoms with van der Waals surface area (Å²) in [6, 6.07) is 9.78. The van der Waals surface area contributed by atoms with Gasteiger partial charge in [-0.3, -0.25) is 9.59 Å². The number of amides is 1. The van der Waals surface area contributed by atoms with Gasteiger partial charge in [-0.2, -0.15) is 5.10 Å². The number of fused-ring (bicyclic) bond motifs is 1. The van der Waals surface area contributed by atoms with Crippen molar-refractivity contribution in [2.45, 2.75) is 53.2 Å². The van der Waals surface area contributed by atoms with E-state index < -0.39 is 0 Å². The molecule has 0 aliphatic carbocycles. The fourth-order valence-electron chi connectivity index (χ4n) is 3.34. The zero-order valence-corrected chi connectivity index (χ0v) is 17.1. The molecule has 0 atom stereocenters. The van der Waals surface area contributed by atoms with Gasteiger partial charge in [-0.15, -0.1) is 11.3 Å². The minimum Gasteiger partial charge on any atom is -0.336 e. The SMILES string of the molecule is Cc1nc2c(=O)n(CC(=O)N(C(C)C)C(C)C)nc(-c3ccccc3)c2s1. The second kappa shape index (κ2) is 7.60. The highest BCUT2D eigenvalue weighted by atomic mass is 32.1. The van der Waals surface area contributed by atoms with Crippen molar-refractivity contribution in [1.29, 1.82) is 0 Å². The number of hydrogen-bond acceptors (Lipinski definition) is 5. The van der Waals surface area contributed by atoms with E-state index in [1.54, 1.807) is 4.90 Å². The molecule has 0 N–H and O–H groups in total. The highest BCUT2D eigenvalue weighted by Gasteiger charge is 2.23. The third-order valence-electron chi connectivity index (χ3n) is 4.34. The Kier molecular flexibility index (Phi) is 5.41. The molecule has 0 fully saturated rings. The normalized spacial score (nSPS) is 11.5. The molecule has 1 aromatic carbocycles. The van der Waals surface area contributed by atoms with E-state index >= 15 is 0 Å². The summed E-state index contributed by atoms with van der Waals surface area (Å²) in [4.78, 5) is 31.9. The summed E-state index contributed by atoms with van der Waals surface area (Å²) in [7, 11) is 0. The van der Waals surface area contributed by atoms with Crippen molar-refractivity contribution in [2.24, 2.45) is 0 Å². The van der Waals surface area contributed by atoms with Crippen LogP contribution in [-0.2, 0) is 11.3 Å². The molecule has 7 heteroatoms. The van der Waals surface area contributed by atoms with E-state index in [4.69, 9.17) is 0 Å². The summed E-state index contributed by atoms with van der Waals surface area (Å²) in [6.45, 7) is 9.65. The van der Waals surface area contributed by atoms with Gasteiger partial charge < -0.3 is 4.90 Å². The standard InChI is InChI=1S/C20H24N4O2S/c1-12(2)24(13(3)4)16(25)11-23-20(26)18-19(27-14(5)21-18)17(22-23)15-9-7-6-8-10-15/h6-10,12-13H,11H2,1-5H3. The molecule has 0 aliphatic heterocycles. The van der Waals surface area contributed by atoms with Crippen LogP contribution in [0.3, 0.4) is 0 Å². The van der Waals surface area contributed by atoms with Gasteiger partial charge >= 0.3 is 0 Å². The summed E-state index contributed by atoms with van der Waals surface area (Å²) in [5.41, 5.74) is 1.64. The Morgan fingerprint density at radius 2 is 1.78 bits per heavy atom. The Labute approximate surface area is 162 Å². The topological polar surface area (TPSA) is 68.1 Å². The maximum atomic E-state index is 12.9. The van der Waals surface area contributed by atoms with E-state index in [0.717, 1.165) is 15.3 Å². The van der Waals surface area contributed by atoms with Gasteiger partial charge in [0.05, 0.1) is 9.71 Å². The van der Waals surface area contributed by atoms with Gasteiger partial charge in [0.1, 0.15) is 12.2 Å². The molecular weight excluding hydrogens is 360 g/mol. The lowest BCUT2D eigenvalue weighted by atomic mass is 10.1. The molecule has 1 amide bonds. The summed E-state index contributed by atoms with van der Waals surface area (Å²) in [5.74, 6) is -0.125. The van der Waals surface area contributed by atoms with Crippen LogP contribution in [0.15, 0.2) is 35.1 Å². The van der Waals surface area contributed by atoms with Crippen molar-refractivity contribution in [3.63, 3.8) is 0 Å². The molecule has 2 heterocycles. The van der Waals surface area contributed by atoms with Gasteiger partial charge in [-0.1, -0.05) is 30.3 Å². The van der Waals surface area contributed by atoms with Crippen LogP contribution >= 0.6 is 11.3 Å². The number of hydrogen-bond donors (Lipinski definition) is 0. The summed E-state index contributed by atoms with van der Waals surface area (Å²) >= 11 is 1.45. The molecular formula is C20H24N4O2S. The van der Waals surface area contributed by atoms with E-state index in [9.17, 15) is 9.59 Å². The van der Waals surface area contributed by atoms with Gasteiger partial charge in [0.2, 0.25) is 5.91 Å². The molecule has 142 valence electrons. The first-order valence-corrected chi connectivity index (χ1v) is 9.86. The third kappa shape index (κ3) is 3.78. The van der Waals surface area contributed by atoms with Crippen LogP contribution in [0, 0.1) is 6.92 Å². The van der Waals surface area contributed by atoms with Crippen LogP contribution in [0.4, 0.5) is 0 Å². The van der Waals surface area contributed by atoms with Crippen molar-refractivity contribution in [2.75, 3.05) is 0 Å². The molecule has 0 aliphatic rings. The summed E-state index contributed by atoms with van der Waals surface area (Å²) in [6.07, 6.45) is 0. The van der Waals surface area contributed by atoms with E-state index in [1.165, 1.54) is 16.0 Å². The zero-order valence-electron chi connectivity index (χ0n) is 16.3. The Morgan fingerprint density at radius 1 is 1.15 bits per heavy atom. The van der Waals surface area contributed by atoms with Crippen molar-refractivity contribution < 1.29 is 4.79 Å². The first-order chi connectivity index (χ1) is 12.8. The molecule has 0 bridgehead atoms. The Bertz CT molecular complexity index is 1010. The largest absolute Gasteiger partial charge is 0.336 e. The van der Waals surface area contributed by atoms with Crippen LogP contribution < -0.4 is 5.56 Å². The predicted octanol–water partition coefficient (Wildman–Crippen LogP) is 3.47. The number of thiazole rings is 1. The van der Waals surface area contributed by atoms with Crippen molar-refractivity contribution in [3.05, 3.63) is 45.7 Å². The number of aryl methyl sites for hydroxylation is 1. The van der Waals surface area contributed by atoms with Crippen LogP contribution in [0.2, 0.25) is 0 Å². The first-order valence-electron chi connectivity index (χ1n) is 9.04. The monoisotopic (exact) mass is 384 g/mol. The van der Waals surface area contributed by atoms with E-state index in [0.29, 0.717) is 11.2 Å². The molecule has 6 nitrogen and oxygen atoms in total. The Morgan fingerprint density at radius 3 is 2.37 bits per heavy atom. The average Bonchev–Trinajstić information content (AvgIpc) is 2.99. The molecule has 0 saturated heterocycles. The summed E-state index contributed by atoms with van der Waals surface area (Å²) < 4.78 is 2.01. The van der Waals surface area contributed by atoms with Gasteiger partial charge in [0.25, 0.3) is 5.56 Å². The fourth-order valence-corrected chi connectivity index (χ4v) is 4.26. The average molecular weight is 385 g/mol. The van der Waals surface area contributed by atoms with Gasteiger partial charge in [0.15, 0.2) is 5.52 Å². The van der Waals surface area contributed by atoms with Crippen LogP contribution in [0.5, 0.6) is 0 Å². The number of aromatic nitrogens is 3. The maximum absolute atomic E-state index is 12.9. The summed E-state index contributed by atoms with van der Waals surface area (Å²) in [5, 5.41) is 5.35. The molecule has 0 radical (unpaired) electrons. The molecule has 27 heavy (non-hydrogen) atoms. The molecule has 0 spiro atoms. The maximum Gasteiger partial charge on any atom is 0.294 e. The highest BCUT2D eigenvalue weighted by molar-refractivity contribution is 7.19. The lowest BCUT2D eigenvalue weighted by Crippen LogP contribution is -2.45. The zero-order chi connectivity index (χ0) is 19.7. The van der Waals surface area contributed by atoms with E-state index in [-0.39, 0.29) is 30.1 Å². The molecule has 3 rings (SSSR count). The molecule has 0 unspecified atom stereocenters. The third-order valence-corrected chi connectivity index (χ3v) is 5.32. The number of carbonyl (C=O) groups is 1. The Hall–Kier alpha value is -2.54. The van der Waals surface area contributed by atoms with E-state index in [2.05, 4.69) is 10.1 Å². The van der Waals surface area contributed by atoms with Gasteiger partial charge in [-0.25, -0.2) is 9.67 Å². The first kappa shape index (κ1) is 19.2. The Balaban J connectivity index is 2.13. The smallest absolute Gasteiger partial charge is 0.294 e.